The Labute approximate surface area is 272 Å². The van der Waals surface area contributed by atoms with Crippen LogP contribution in [0, 0.1) is 0 Å². The molecule has 6 heteroatoms. The summed E-state index contributed by atoms with van der Waals surface area (Å²) in [6.45, 7) is 7.64. The zero-order chi connectivity index (χ0) is 31.8. The second-order valence-corrected chi connectivity index (χ2v) is 12.9. The molecule has 0 aliphatic heterocycles. The molecule has 0 heterocycles. The van der Waals surface area contributed by atoms with Crippen molar-refractivity contribution in [2.24, 2.45) is 0 Å². The third-order valence-corrected chi connectivity index (χ3v) is 8.37. The molecule has 0 fully saturated rings. The molecule has 1 aromatic rings. The molecule has 258 valence electrons. The van der Waals surface area contributed by atoms with Crippen LogP contribution in [0.15, 0.2) is 24.3 Å². The van der Waals surface area contributed by atoms with Crippen LogP contribution in [0.25, 0.3) is 0 Å². The highest BCUT2D eigenvalue weighted by Gasteiger charge is 2.06. The van der Waals surface area contributed by atoms with Crippen molar-refractivity contribution in [2.45, 2.75) is 167 Å². The van der Waals surface area contributed by atoms with Gasteiger partial charge in [0.15, 0.2) is 0 Å². The van der Waals surface area contributed by atoms with Crippen molar-refractivity contribution >= 4 is 11.4 Å². The number of benzene rings is 1. The Kier molecular flexibility index (Phi) is 29.3. The maximum absolute atomic E-state index is 10.2. The SMILES string of the molecule is CCCCCCCCCCCCCOCC(O)CNc1ccc(NCC(O)COCCCCCCCCCCCCC)cc1. The van der Waals surface area contributed by atoms with Crippen LogP contribution in [0.4, 0.5) is 11.4 Å². The maximum Gasteiger partial charge on any atom is 0.0945 e. The maximum atomic E-state index is 10.2. The summed E-state index contributed by atoms with van der Waals surface area (Å²) < 4.78 is 11.4. The van der Waals surface area contributed by atoms with Gasteiger partial charge in [-0.1, -0.05) is 142 Å². The first-order valence-electron chi connectivity index (χ1n) is 18.7. The number of hydrogen-bond donors (Lipinski definition) is 4. The van der Waals surface area contributed by atoms with E-state index in [1.54, 1.807) is 0 Å². The highest BCUT2D eigenvalue weighted by atomic mass is 16.5. The van der Waals surface area contributed by atoms with E-state index in [9.17, 15) is 10.2 Å². The van der Waals surface area contributed by atoms with Crippen molar-refractivity contribution in [3.8, 4) is 0 Å². The van der Waals surface area contributed by atoms with E-state index in [1.807, 2.05) is 24.3 Å². The molecule has 1 aromatic carbocycles. The van der Waals surface area contributed by atoms with Gasteiger partial charge in [0.25, 0.3) is 0 Å². The van der Waals surface area contributed by atoms with Gasteiger partial charge in [-0.2, -0.15) is 0 Å². The van der Waals surface area contributed by atoms with Crippen LogP contribution >= 0.6 is 0 Å². The van der Waals surface area contributed by atoms with E-state index in [-0.39, 0.29) is 0 Å². The van der Waals surface area contributed by atoms with Crippen molar-refractivity contribution in [2.75, 3.05) is 50.2 Å². The molecule has 0 radical (unpaired) electrons. The Bertz CT molecular complexity index is 644. The standard InChI is InChI=1S/C38H72N2O4/c1-3-5-7-9-11-13-15-17-19-21-23-29-43-33-37(41)31-39-35-25-27-36(28-26-35)40-32-38(42)34-44-30-24-22-20-18-16-14-12-10-8-6-4-2/h25-28,37-42H,3-24,29-34H2,1-2H3. The van der Waals surface area contributed by atoms with E-state index in [0.717, 1.165) is 37.4 Å². The van der Waals surface area contributed by atoms with Gasteiger partial charge in [0, 0.05) is 37.7 Å². The number of aliphatic hydroxyl groups is 2. The highest BCUT2D eigenvalue weighted by Crippen LogP contribution is 2.15. The van der Waals surface area contributed by atoms with Gasteiger partial charge in [-0.3, -0.25) is 0 Å². The number of unbranched alkanes of at least 4 members (excludes halogenated alkanes) is 20. The summed E-state index contributed by atoms with van der Waals surface area (Å²) in [5.41, 5.74) is 1.91. The monoisotopic (exact) mass is 621 g/mol. The Morgan fingerprint density at radius 2 is 0.727 bits per heavy atom. The summed E-state index contributed by atoms with van der Waals surface area (Å²) in [6, 6.07) is 7.93. The van der Waals surface area contributed by atoms with E-state index < -0.39 is 12.2 Å². The van der Waals surface area contributed by atoms with Crippen LogP contribution in [-0.2, 0) is 9.47 Å². The smallest absolute Gasteiger partial charge is 0.0945 e. The number of rotatable bonds is 34. The normalized spacial score (nSPS) is 12.8. The summed E-state index contributed by atoms with van der Waals surface area (Å²) >= 11 is 0. The average Bonchev–Trinajstić information content (AvgIpc) is 3.04. The second-order valence-electron chi connectivity index (χ2n) is 12.9. The number of aliphatic hydroxyl groups excluding tert-OH is 2. The summed E-state index contributed by atoms with van der Waals surface area (Å²) in [5, 5.41) is 27.0. The van der Waals surface area contributed by atoms with Crippen LogP contribution in [-0.4, -0.2) is 61.9 Å². The minimum Gasteiger partial charge on any atom is -0.389 e. The summed E-state index contributed by atoms with van der Waals surface area (Å²) in [4.78, 5) is 0. The number of nitrogens with one attached hydrogen (secondary N) is 2. The summed E-state index contributed by atoms with van der Waals surface area (Å²) in [5.74, 6) is 0. The largest absolute Gasteiger partial charge is 0.389 e. The van der Waals surface area contributed by atoms with Gasteiger partial charge in [0.1, 0.15) is 0 Å². The van der Waals surface area contributed by atoms with Crippen LogP contribution in [0.3, 0.4) is 0 Å². The highest BCUT2D eigenvalue weighted by molar-refractivity contribution is 5.53. The molecular formula is C38H72N2O4. The van der Waals surface area contributed by atoms with Gasteiger partial charge in [-0.15, -0.1) is 0 Å². The molecule has 2 atom stereocenters. The minimum absolute atomic E-state index is 0.365. The Hall–Kier alpha value is -1.34. The third-order valence-electron chi connectivity index (χ3n) is 8.37. The molecule has 2 unspecified atom stereocenters. The quantitative estimate of drug-likeness (QED) is 0.0574. The molecule has 0 saturated carbocycles. The van der Waals surface area contributed by atoms with Crippen LogP contribution in [0.2, 0.25) is 0 Å². The predicted octanol–water partition coefficient (Wildman–Crippen LogP) is 9.89. The molecule has 4 N–H and O–H groups in total. The lowest BCUT2D eigenvalue weighted by Crippen LogP contribution is -2.25. The van der Waals surface area contributed by atoms with E-state index >= 15 is 0 Å². The Balaban J connectivity index is 1.93. The minimum atomic E-state index is -0.527. The van der Waals surface area contributed by atoms with E-state index in [1.165, 1.54) is 128 Å². The van der Waals surface area contributed by atoms with Crippen molar-refractivity contribution in [1.82, 2.24) is 0 Å². The molecule has 0 aromatic heterocycles. The van der Waals surface area contributed by atoms with Crippen molar-refractivity contribution in [3.05, 3.63) is 24.3 Å². The zero-order valence-corrected chi connectivity index (χ0v) is 29.0. The van der Waals surface area contributed by atoms with Gasteiger partial charge in [0.2, 0.25) is 0 Å². The van der Waals surface area contributed by atoms with Gasteiger partial charge in [0.05, 0.1) is 25.4 Å². The topological polar surface area (TPSA) is 83.0 Å². The molecule has 6 nitrogen and oxygen atoms in total. The first kappa shape index (κ1) is 40.7. The molecule has 0 aliphatic rings. The number of anilines is 2. The fourth-order valence-electron chi connectivity index (χ4n) is 5.47. The lowest BCUT2D eigenvalue weighted by atomic mass is 10.1. The first-order valence-corrected chi connectivity index (χ1v) is 18.7. The summed E-state index contributed by atoms with van der Waals surface area (Å²) in [7, 11) is 0. The second kappa shape index (κ2) is 31.6. The lowest BCUT2D eigenvalue weighted by Gasteiger charge is -2.15. The van der Waals surface area contributed by atoms with Crippen molar-refractivity contribution < 1.29 is 19.7 Å². The van der Waals surface area contributed by atoms with Crippen LogP contribution in [0.5, 0.6) is 0 Å². The average molecular weight is 621 g/mol. The summed E-state index contributed by atoms with van der Waals surface area (Å²) in [6.07, 6.45) is 28.1. The fraction of sp³-hybridized carbons (Fsp3) is 0.842. The molecule has 0 spiro atoms. The predicted molar refractivity (Wildman–Crippen MR) is 190 cm³/mol. The molecule has 0 amide bonds. The Morgan fingerprint density at radius 1 is 0.455 bits per heavy atom. The fourth-order valence-corrected chi connectivity index (χ4v) is 5.47. The van der Waals surface area contributed by atoms with Crippen LogP contribution in [0.1, 0.15) is 155 Å². The van der Waals surface area contributed by atoms with Gasteiger partial charge in [-0.05, 0) is 37.1 Å². The van der Waals surface area contributed by atoms with Crippen molar-refractivity contribution in [3.63, 3.8) is 0 Å². The first-order chi connectivity index (χ1) is 21.7. The third kappa shape index (κ3) is 27.0. The zero-order valence-electron chi connectivity index (χ0n) is 29.0. The van der Waals surface area contributed by atoms with Gasteiger partial charge < -0.3 is 30.3 Å². The number of hydrogen-bond acceptors (Lipinski definition) is 6. The van der Waals surface area contributed by atoms with Gasteiger partial charge >= 0.3 is 0 Å². The van der Waals surface area contributed by atoms with Crippen molar-refractivity contribution in [1.29, 1.82) is 0 Å². The van der Waals surface area contributed by atoms with E-state index in [0.29, 0.717) is 26.3 Å². The van der Waals surface area contributed by atoms with Gasteiger partial charge in [-0.25, -0.2) is 0 Å². The molecular weight excluding hydrogens is 548 g/mol. The Morgan fingerprint density at radius 3 is 1.02 bits per heavy atom. The van der Waals surface area contributed by atoms with E-state index in [4.69, 9.17) is 9.47 Å². The lowest BCUT2D eigenvalue weighted by molar-refractivity contribution is 0.0416. The van der Waals surface area contributed by atoms with Crippen LogP contribution < -0.4 is 10.6 Å². The molecule has 44 heavy (non-hydrogen) atoms. The molecule has 1 rings (SSSR count). The molecule has 0 bridgehead atoms. The molecule has 0 saturated heterocycles. The van der Waals surface area contributed by atoms with E-state index in [2.05, 4.69) is 24.5 Å². The molecule has 0 aliphatic carbocycles. The number of ether oxygens (including phenoxy) is 2.